The summed E-state index contributed by atoms with van der Waals surface area (Å²) in [5, 5.41) is 2.67. The number of carbonyl (C=O) groups excluding carboxylic acids is 2. The van der Waals surface area contributed by atoms with Gasteiger partial charge in [-0.15, -0.1) is 0 Å². The highest BCUT2D eigenvalue weighted by Gasteiger charge is 2.00. The largest absolute Gasteiger partial charge is 0.323 e. The van der Waals surface area contributed by atoms with Crippen LogP contribution >= 0.6 is 0 Å². The molecule has 3 heteroatoms. The fourth-order valence-corrected chi connectivity index (χ4v) is 1.12. The Labute approximate surface area is 88.8 Å². The zero-order valence-electron chi connectivity index (χ0n) is 8.78. The van der Waals surface area contributed by atoms with Crippen LogP contribution in [0.15, 0.2) is 36.4 Å². The van der Waals surface area contributed by atoms with E-state index in [1.54, 1.807) is 37.3 Å². The molecule has 1 N–H and O–H groups in total. The van der Waals surface area contributed by atoms with Crippen molar-refractivity contribution < 1.29 is 9.59 Å². The third-order valence-electron chi connectivity index (χ3n) is 1.88. The van der Waals surface area contributed by atoms with Gasteiger partial charge in [0, 0.05) is 11.3 Å². The fraction of sp³-hybridized carbons (Fsp3) is 0.167. The molecule has 78 valence electrons. The van der Waals surface area contributed by atoms with Crippen LogP contribution in [0.25, 0.3) is 0 Å². The number of carbonyl (C=O) groups is 2. The van der Waals surface area contributed by atoms with Crippen LogP contribution in [0.4, 0.5) is 5.69 Å². The molecule has 1 aromatic rings. The van der Waals surface area contributed by atoms with Crippen molar-refractivity contribution in [3.8, 4) is 0 Å². The van der Waals surface area contributed by atoms with E-state index in [1.165, 1.54) is 13.0 Å². The number of nitrogens with one attached hydrogen (secondary N) is 1. The van der Waals surface area contributed by atoms with Crippen LogP contribution in [0.5, 0.6) is 0 Å². The van der Waals surface area contributed by atoms with Crippen LogP contribution in [0.3, 0.4) is 0 Å². The van der Waals surface area contributed by atoms with E-state index in [0.29, 0.717) is 11.3 Å². The molecule has 0 unspecified atom stereocenters. The van der Waals surface area contributed by atoms with Crippen LogP contribution in [-0.4, -0.2) is 11.7 Å². The highest BCUT2D eigenvalue weighted by molar-refractivity contribution is 6.00. The molecule has 0 atom stereocenters. The second-order valence-electron chi connectivity index (χ2n) is 3.12. The van der Waals surface area contributed by atoms with Crippen molar-refractivity contribution in [2.24, 2.45) is 0 Å². The molecule has 0 aliphatic rings. The maximum Gasteiger partial charge on any atom is 0.248 e. The van der Waals surface area contributed by atoms with E-state index in [-0.39, 0.29) is 11.7 Å². The molecule has 15 heavy (non-hydrogen) atoms. The van der Waals surface area contributed by atoms with Crippen LogP contribution in [0.1, 0.15) is 24.2 Å². The highest BCUT2D eigenvalue weighted by Crippen LogP contribution is 2.09. The summed E-state index contributed by atoms with van der Waals surface area (Å²) in [7, 11) is 0. The summed E-state index contributed by atoms with van der Waals surface area (Å²) >= 11 is 0. The lowest BCUT2D eigenvalue weighted by molar-refractivity contribution is -0.111. The van der Waals surface area contributed by atoms with E-state index in [4.69, 9.17) is 0 Å². The third kappa shape index (κ3) is 3.38. The van der Waals surface area contributed by atoms with Gasteiger partial charge in [-0.1, -0.05) is 6.08 Å². The van der Waals surface area contributed by atoms with E-state index < -0.39 is 0 Å². The van der Waals surface area contributed by atoms with Crippen LogP contribution in [-0.2, 0) is 4.79 Å². The lowest BCUT2D eigenvalue weighted by atomic mass is 10.1. The Morgan fingerprint density at radius 2 is 1.80 bits per heavy atom. The number of anilines is 1. The molecule has 0 radical (unpaired) electrons. The summed E-state index contributed by atoms with van der Waals surface area (Å²) in [6.07, 6.45) is 3.11. The Hall–Kier alpha value is -1.90. The van der Waals surface area contributed by atoms with E-state index >= 15 is 0 Å². The minimum Gasteiger partial charge on any atom is -0.323 e. The standard InChI is InChI=1S/C12H13NO2/c1-3-4-12(15)13-11-7-5-10(6-8-11)9(2)14/h3-8H,1-2H3,(H,13,15)/b4-3+. The number of hydrogen-bond donors (Lipinski definition) is 1. The summed E-state index contributed by atoms with van der Waals surface area (Å²) in [6, 6.07) is 6.79. The van der Waals surface area contributed by atoms with Gasteiger partial charge in [0.1, 0.15) is 0 Å². The molecule has 1 rings (SSSR count). The third-order valence-corrected chi connectivity index (χ3v) is 1.88. The molecule has 0 aliphatic heterocycles. The number of Topliss-reactive ketones (excluding diaryl/α,β-unsaturated/α-hetero) is 1. The van der Waals surface area contributed by atoms with Gasteiger partial charge in [0.25, 0.3) is 0 Å². The van der Waals surface area contributed by atoms with E-state index in [0.717, 1.165) is 0 Å². The first-order valence-corrected chi connectivity index (χ1v) is 4.68. The first kappa shape index (κ1) is 11.2. The van der Waals surface area contributed by atoms with Gasteiger partial charge in [0.15, 0.2) is 5.78 Å². The van der Waals surface area contributed by atoms with Crippen molar-refractivity contribution >= 4 is 17.4 Å². The van der Waals surface area contributed by atoms with Crippen LogP contribution in [0, 0.1) is 0 Å². The number of rotatable bonds is 3. The van der Waals surface area contributed by atoms with E-state index in [9.17, 15) is 9.59 Å². The Morgan fingerprint density at radius 1 is 1.20 bits per heavy atom. The number of benzene rings is 1. The molecular weight excluding hydrogens is 190 g/mol. The van der Waals surface area contributed by atoms with Crippen molar-refractivity contribution in [1.82, 2.24) is 0 Å². The minimum absolute atomic E-state index is 0.0151. The molecule has 0 saturated heterocycles. The zero-order chi connectivity index (χ0) is 11.3. The molecule has 1 aromatic carbocycles. The topological polar surface area (TPSA) is 46.2 Å². The maximum absolute atomic E-state index is 11.2. The van der Waals surface area contributed by atoms with Gasteiger partial charge in [-0.25, -0.2) is 0 Å². The van der Waals surface area contributed by atoms with E-state index in [1.807, 2.05) is 0 Å². The van der Waals surface area contributed by atoms with Crippen LogP contribution in [0.2, 0.25) is 0 Å². The van der Waals surface area contributed by atoms with Crippen molar-refractivity contribution in [3.63, 3.8) is 0 Å². The number of allylic oxidation sites excluding steroid dienone is 1. The number of hydrogen-bond acceptors (Lipinski definition) is 2. The number of amides is 1. The zero-order valence-corrected chi connectivity index (χ0v) is 8.78. The average molecular weight is 203 g/mol. The monoisotopic (exact) mass is 203 g/mol. The maximum atomic E-state index is 11.2. The smallest absolute Gasteiger partial charge is 0.248 e. The molecule has 3 nitrogen and oxygen atoms in total. The minimum atomic E-state index is -0.173. The Bertz CT molecular complexity index is 391. The SMILES string of the molecule is C/C=C/C(=O)Nc1ccc(C(C)=O)cc1. The van der Waals surface area contributed by atoms with Crippen molar-refractivity contribution in [1.29, 1.82) is 0 Å². The molecular formula is C12H13NO2. The first-order valence-electron chi connectivity index (χ1n) is 4.68. The molecule has 0 aliphatic carbocycles. The number of ketones is 1. The normalized spacial score (nSPS) is 10.3. The Kier molecular flexibility index (Phi) is 3.80. The molecule has 0 bridgehead atoms. The summed E-state index contributed by atoms with van der Waals surface area (Å²) in [5.74, 6) is -0.158. The van der Waals surface area contributed by atoms with Gasteiger partial charge in [-0.2, -0.15) is 0 Å². The lowest BCUT2D eigenvalue weighted by Crippen LogP contribution is -2.07. The van der Waals surface area contributed by atoms with Gasteiger partial charge in [-0.3, -0.25) is 9.59 Å². The summed E-state index contributed by atoms with van der Waals surface area (Å²) in [6.45, 7) is 3.28. The predicted molar refractivity (Wildman–Crippen MR) is 59.9 cm³/mol. The Balaban J connectivity index is 2.72. The molecule has 0 aromatic heterocycles. The van der Waals surface area contributed by atoms with Gasteiger partial charge < -0.3 is 5.32 Å². The van der Waals surface area contributed by atoms with Gasteiger partial charge >= 0.3 is 0 Å². The fourth-order valence-electron chi connectivity index (χ4n) is 1.12. The predicted octanol–water partition coefficient (Wildman–Crippen LogP) is 2.40. The summed E-state index contributed by atoms with van der Waals surface area (Å²) in [5.41, 5.74) is 1.32. The second-order valence-corrected chi connectivity index (χ2v) is 3.12. The molecule has 0 fully saturated rings. The molecule has 0 heterocycles. The van der Waals surface area contributed by atoms with Gasteiger partial charge in [-0.05, 0) is 44.2 Å². The molecule has 1 amide bonds. The van der Waals surface area contributed by atoms with Gasteiger partial charge in [0.05, 0.1) is 0 Å². The van der Waals surface area contributed by atoms with E-state index in [2.05, 4.69) is 5.32 Å². The summed E-state index contributed by atoms with van der Waals surface area (Å²) in [4.78, 5) is 22.1. The van der Waals surface area contributed by atoms with Crippen molar-refractivity contribution in [2.75, 3.05) is 5.32 Å². The average Bonchev–Trinajstić information content (AvgIpc) is 2.18. The molecule has 0 saturated carbocycles. The lowest BCUT2D eigenvalue weighted by Gasteiger charge is -2.02. The molecule has 0 spiro atoms. The second kappa shape index (κ2) is 5.10. The summed E-state index contributed by atoms with van der Waals surface area (Å²) < 4.78 is 0. The van der Waals surface area contributed by atoms with Crippen molar-refractivity contribution in [3.05, 3.63) is 42.0 Å². The Morgan fingerprint density at radius 3 is 2.27 bits per heavy atom. The van der Waals surface area contributed by atoms with Crippen molar-refractivity contribution in [2.45, 2.75) is 13.8 Å². The van der Waals surface area contributed by atoms with Gasteiger partial charge in [0.2, 0.25) is 5.91 Å². The highest BCUT2D eigenvalue weighted by atomic mass is 16.1. The first-order chi connectivity index (χ1) is 7.13. The quantitative estimate of drug-likeness (QED) is 0.605. The van der Waals surface area contributed by atoms with Crippen LogP contribution < -0.4 is 5.32 Å².